The maximum Gasteiger partial charge on any atom is 0.344 e. The minimum Gasteiger partial charge on any atom is -0.391 e. The van der Waals surface area contributed by atoms with Crippen molar-refractivity contribution in [1.29, 1.82) is 0 Å². The molecule has 0 saturated carbocycles. The Morgan fingerprint density at radius 3 is 3.00 bits per heavy atom. The second-order valence-electron chi connectivity index (χ2n) is 2.83. The fourth-order valence-electron chi connectivity index (χ4n) is 1.27. The molecule has 5 nitrogen and oxygen atoms in total. The molecule has 0 aromatic carbocycles. The smallest absolute Gasteiger partial charge is 0.344 e. The third-order valence-electron chi connectivity index (χ3n) is 2.11. The molecule has 0 aromatic rings. The van der Waals surface area contributed by atoms with Crippen molar-refractivity contribution in [2.45, 2.75) is 12.5 Å². The fraction of sp³-hybridized carbons (Fsp3) is 0.667. The first-order chi connectivity index (χ1) is 5.14. The Morgan fingerprint density at radius 1 is 1.64 bits per heavy atom. The highest BCUT2D eigenvalue weighted by Gasteiger charge is 2.57. The molecule has 0 N–H and O–H groups in total. The second-order valence-corrected chi connectivity index (χ2v) is 2.83. The zero-order valence-electron chi connectivity index (χ0n) is 5.90. The number of esters is 2. The zero-order valence-corrected chi connectivity index (χ0v) is 5.90. The monoisotopic (exact) mass is 154 g/mol. The van der Waals surface area contributed by atoms with E-state index in [2.05, 4.69) is 15.0 Å². The van der Waals surface area contributed by atoms with Gasteiger partial charge in [-0.1, -0.05) is 0 Å². The number of hydrogen-bond donors (Lipinski definition) is 0. The lowest BCUT2D eigenvalue weighted by molar-refractivity contribution is -0.154. The zero-order chi connectivity index (χ0) is 8.06. The van der Waals surface area contributed by atoms with E-state index < -0.39 is 23.4 Å². The average Bonchev–Trinajstić information content (AvgIpc) is 2.39. The first-order valence-corrected chi connectivity index (χ1v) is 3.29. The number of carbonyl (C=O) groups excluding carboxylic acids is 2. The molecule has 0 aromatic heterocycles. The first kappa shape index (κ1) is 6.45. The molecule has 0 aliphatic carbocycles. The van der Waals surface area contributed by atoms with Crippen molar-refractivity contribution in [1.82, 2.24) is 0 Å². The van der Waals surface area contributed by atoms with Crippen LogP contribution in [-0.2, 0) is 14.3 Å². The highest BCUT2D eigenvalue weighted by atomic mass is 16.6. The van der Waals surface area contributed by atoms with E-state index in [0.29, 0.717) is 0 Å². The Balaban J connectivity index is 2.46. The summed E-state index contributed by atoms with van der Waals surface area (Å²) >= 11 is 0. The summed E-state index contributed by atoms with van der Waals surface area (Å²) in [6, 6.07) is 0. The fourth-order valence-corrected chi connectivity index (χ4v) is 1.27. The second kappa shape index (κ2) is 1.66. The van der Waals surface area contributed by atoms with Gasteiger partial charge in [0, 0.05) is 0 Å². The summed E-state index contributed by atoms with van der Waals surface area (Å²) < 4.78 is 4.40. The molecule has 1 saturated heterocycles. The molecule has 5 heteroatoms. The van der Waals surface area contributed by atoms with Crippen LogP contribution in [0.2, 0.25) is 0 Å². The predicted molar refractivity (Wildman–Crippen MR) is 32.7 cm³/mol. The Bertz CT molecular complexity index is 273. The molecule has 2 rings (SSSR count). The van der Waals surface area contributed by atoms with Crippen molar-refractivity contribution < 1.29 is 14.3 Å². The van der Waals surface area contributed by atoms with Crippen molar-refractivity contribution in [2.75, 3.05) is 6.54 Å². The van der Waals surface area contributed by atoms with Gasteiger partial charge >= 0.3 is 11.9 Å². The van der Waals surface area contributed by atoms with Crippen LogP contribution in [-0.4, -0.2) is 24.0 Å². The molecule has 58 valence electrons. The van der Waals surface area contributed by atoms with Gasteiger partial charge in [0.15, 0.2) is 5.54 Å². The third kappa shape index (κ3) is 0.599. The first-order valence-electron chi connectivity index (χ1n) is 3.29. The molecular formula is C6H6N2O3. The quantitative estimate of drug-likeness (QED) is 0.361. The topological polar surface area (TPSA) is 68.1 Å². The normalized spacial score (nSPS) is 41.0. The summed E-state index contributed by atoms with van der Waals surface area (Å²) in [6.45, 7) is 1.85. The number of azo groups is 1. The van der Waals surface area contributed by atoms with Gasteiger partial charge in [-0.2, -0.15) is 10.2 Å². The van der Waals surface area contributed by atoms with E-state index in [1.807, 2.05) is 0 Å². The maximum atomic E-state index is 11.0. The van der Waals surface area contributed by atoms with Crippen LogP contribution < -0.4 is 0 Å². The minimum absolute atomic E-state index is 0.279. The Hall–Kier alpha value is -1.26. The van der Waals surface area contributed by atoms with Crippen LogP contribution in [0.4, 0.5) is 0 Å². The number of nitrogens with zero attached hydrogens (tertiary/aromatic N) is 2. The Kier molecular flexibility index (Phi) is 0.976. The molecule has 0 spiro atoms. The van der Waals surface area contributed by atoms with Gasteiger partial charge < -0.3 is 4.74 Å². The van der Waals surface area contributed by atoms with Crippen LogP contribution in [0.15, 0.2) is 10.2 Å². The van der Waals surface area contributed by atoms with Gasteiger partial charge in [-0.25, -0.2) is 4.79 Å². The third-order valence-corrected chi connectivity index (χ3v) is 2.11. The van der Waals surface area contributed by atoms with Gasteiger partial charge in [-0.3, -0.25) is 4.79 Å². The molecule has 0 amide bonds. The van der Waals surface area contributed by atoms with E-state index in [1.165, 1.54) is 0 Å². The molecule has 1 fully saturated rings. The lowest BCUT2D eigenvalue weighted by Crippen LogP contribution is -2.33. The highest BCUT2D eigenvalue weighted by molar-refractivity contribution is 6.02. The molecule has 0 bridgehead atoms. The lowest BCUT2D eigenvalue weighted by atomic mass is 9.90. The summed E-state index contributed by atoms with van der Waals surface area (Å²) in [6.07, 6.45) is 0. The van der Waals surface area contributed by atoms with Gasteiger partial charge in [0.25, 0.3) is 0 Å². The molecule has 2 heterocycles. The van der Waals surface area contributed by atoms with E-state index >= 15 is 0 Å². The molecule has 11 heavy (non-hydrogen) atoms. The maximum absolute atomic E-state index is 11.0. The van der Waals surface area contributed by atoms with Gasteiger partial charge in [-0.15, -0.1) is 0 Å². The van der Waals surface area contributed by atoms with Crippen LogP contribution >= 0.6 is 0 Å². The van der Waals surface area contributed by atoms with Crippen LogP contribution in [0.1, 0.15) is 6.92 Å². The van der Waals surface area contributed by atoms with Gasteiger partial charge in [0.2, 0.25) is 0 Å². The largest absolute Gasteiger partial charge is 0.391 e. The van der Waals surface area contributed by atoms with Gasteiger partial charge in [-0.05, 0) is 6.92 Å². The standard InChI is InChI=1S/C6H6N2O3/c1-6-3(2-7-8-6)4(9)11-5(6)10/h3H,2H2,1H3. The summed E-state index contributed by atoms with van der Waals surface area (Å²) in [5, 5.41) is 7.33. The van der Waals surface area contributed by atoms with E-state index in [-0.39, 0.29) is 6.54 Å². The number of cyclic esters (lactones) is 2. The summed E-state index contributed by atoms with van der Waals surface area (Å²) in [4.78, 5) is 21.9. The molecular weight excluding hydrogens is 148 g/mol. The van der Waals surface area contributed by atoms with E-state index in [9.17, 15) is 9.59 Å². The van der Waals surface area contributed by atoms with Gasteiger partial charge in [0.1, 0.15) is 5.92 Å². The number of ether oxygens (including phenoxy) is 1. The minimum atomic E-state index is -1.02. The van der Waals surface area contributed by atoms with E-state index in [4.69, 9.17) is 0 Å². The predicted octanol–water partition coefficient (Wildman–Crippen LogP) is -0.0895. The lowest BCUT2D eigenvalue weighted by Gasteiger charge is -2.08. The number of fused-ring (bicyclic) bond motifs is 1. The molecule has 0 radical (unpaired) electrons. The van der Waals surface area contributed by atoms with Crippen molar-refractivity contribution in [3.63, 3.8) is 0 Å². The Labute approximate surface area is 62.4 Å². The highest BCUT2D eigenvalue weighted by Crippen LogP contribution is 2.36. The number of rotatable bonds is 0. The van der Waals surface area contributed by atoms with Crippen molar-refractivity contribution in [2.24, 2.45) is 16.1 Å². The van der Waals surface area contributed by atoms with Crippen LogP contribution in [0.3, 0.4) is 0 Å². The van der Waals surface area contributed by atoms with E-state index in [0.717, 1.165) is 0 Å². The van der Waals surface area contributed by atoms with E-state index in [1.54, 1.807) is 6.92 Å². The Morgan fingerprint density at radius 2 is 2.36 bits per heavy atom. The molecule has 2 aliphatic heterocycles. The summed E-state index contributed by atoms with van der Waals surface area (Å²) in [7, 11) is 0. The summed E-state index contributed by atoms with van der Waals surface area (Å²) in [5.41, 5.74) is -1.02. The van der Waals surface area contributed by atoms with Crippen LogP contribution in [0, 0.1) is 5.92 Å². The van der Waals surface area contributed by atoms with Crippen molar-refractivity contribution in [3.05, 3.63) is 0 Å². The number of hydrogen-bond acceptors (Lipinski definition) is 5. The van der Waals surface area contributed by atoms with Crippen LogP contribution in [0.25, 0.3) is 0 Å². The molecule has 2 atom stereocenters. The number of carbonyl (C=O) groups is 2. The average molecular weight is 154 g/mol. The van der Waals surface area contributed by atoms with Crippen LogP contribution in [0.5, 0.6) is 0 Å². The van der Waals surface area contributed by atoms with Crippen molar-refractivity contribution in [3.8, 4) is 0 Å². The molecule has 2 aliphatic rings. The van der Waals surface area contributed by atoms with Crippen molar-refractivity contribution >= 4 is 11.9 Å². The molecule has 2 unspecified atom stereocenters. The summed E-state index contributed by atoms with van der Waals surface area (Å²) in [5.74, 6) is -1.55. The van der Waals surface area contributed by atoms with Gasteiger partial charge in [0.05, 0.1) is 6.54 Å². The SMILES string of the molecule is CC12N=NCC1C(=O)OC2=O.